The average Bonchev–Trinajstić information content (AvgIpc) is 3.10. The molecule has 5 nitrogen and oxygen atoms in total. The number of ether oxygens (including phenoxy) is 4. The predicted molar refractivity (Wildman–Crippen MR) is 199 cm³/mol. The van der Waals surface area contributed by atoms with Gasteiger partial charge in [-0.15, -0.1) is 0 Å². The first-order valence-electron chi connectivity index (χ1n) is 17.8. The van der Waals surface area contributed by atoms with Gasteiger partial charge in [0.05, 0.1) is 0 Å². The second-order valence-electron chi connectivity index (χ2n) is 15.2. The van der Waals surface area contributed by atoms with Gasteiger partial charge in [-0.05, 0) is 0 Å². The minimum absolute atomic E-state index is 0.0918. The van der Waals surface area contributed by atoms with Gasteiger partial charge in [0.1, 0.15) is 0 Å². The maximum absolute atomic E-state index is 13.1. The zero-order chi connectivity index (χ0) is 34.9. The topological polar surface area (TPSA) is 54.0 Å². The predicted octanol–water partition coefficient (Wildman–Crippen LogP) is 9.92. The van der Waals surface area contributed by atoms with E-state index in [1.807, 2.05) is 66.7 Å². The van der Waals surface area contributed by atoms with Crippen LogP contribution in [0.25, 0.3) is 0 Å². The van der Waals surface area contributed by atoms with Crippen LogP contribution in [0, 0.1) is 22.7 Å². The molecule has 262 valence electrons. The molecule has 0 bridgehead atoms. The Kier molecular flexibility index (Phi) is 10.00. The van der Waals surface area contributed by atoms with Crippen LogP contribution in [0.1, 0.15) is 82.6 Å². The summed E-state index contributed by atoms with van der Waals surface area (Å²) in [7, 11) is 0. The van der Waals surface area contributed by atoms with Crippen molar-refractivity contribution in [3.8, 4) is 17.2 Å². The summed E-state index contributed by atoms with van der Waals surface area (Å²) in [6.45, 7) is 9.44. The third-order valence-corrected chi connectivity index (χ3v) is 14.5. The number of benzene rings is 4. The van der Waals surface area contributed by atoms with Gasteiger partial charge in [-0.3, -0.25) is 0 Å². The van der Waals surface area contributed by atoms with Crippen LogP contribution in [0.3, 0.4) is 0 Å². The Morgan fingerprint density at radius 3 is 2.12 bits per heavy atom. The normalized spacial score (nSPS) is 26.4. The van der Waals surface area contributed by atoms with Gasteiger partial charge in [0, 0.05) is 0 Å². The third-order valence-electron chi connectivity index (χ3n) is 11.5. The van der Waals surface area contributed by atoms with E-state index in [0.29, 0.717) is 47.0 Å². The van der Waals surface area contributed by atoms with Crippen molar-refractivity contribution in [2.24, 2.45) is 22.7 Å². The van der Waals surface area contributed by atoms with E-state index in [9.17, 15) is 4.79 Å². The van der Waals surface area contributed by atoms with E-state index in [1.165, 1.54) is 17.8 Å². The fourth-order valence-corrected chi connectivity index (χ4v) is 12.1. The molecule has 50 heavy (non-hydrogen) atoms. The first-order valence-corrected chi connectivity index (χ1v) is 20.3. The third kappa shape index (κ3) is 6.79. The second kappa shape index (κ2) is 14.3. The van der Waals surface area contributed by atoms with Crippen LogP contribution in [0.5, 0.6) is 17.2 Å². The Labute approximate surface area is 308 Å². The van der Waals surface area contributed by atoms with Crippen LogP contribution in [0.2, 0.25) is 10.3 Å². The fraction of sp³-hybridized carbons (Fsp3) is 0.419. The molecule has 7 heteroatoms. The van der Waals surface area contributed by atoms with Crippen molar-refractivity contribution in [1.82, 2.24) is 0 Å². The monoisotopic (exact) mass is 758 g/mol. The summed E-state index contributed by atoms with van der Waals surface area (Å²) < 4.78 is 28.3. The van der Waals surface area contributed by atoms with E-state index < -0.39 is 11.7 Å². The van der Waals surface area contributed by atoms with Gasteiger partial charge >= 0.3 is 303 Å². The number of esters is 1. The van der Waals surface area contributed by atoms with Gasteiger partial charge in [-0.1, -0.05) is 6.07 Å². The number of halogens is 1. The minimum atomic E-state index is -0.598. The van der Waals surface area contributed by atoms with E-state index in [-0.39, 0.29) is 37.7 Å². The Hall–Kier alpha value is -3.44. The van der Waals surface area contributed by atoms with Crippen LogP contribution in [-0.4, -0.2) is 26.5 Å². The van der Waals surface area contributed by atoms with Crippen molar-refractivity contribution < 1.29 is 23.7 Å². The number of hydrogen-bond acceptors (Lipinski definition) is 5. The van der Waals surface area contributed by atoms with E-state index >= 15 is 0 Å². The number of carbonyl (C=O) groups excluding carboxylic acids is 1. The van der Waals surface area contributed by atoms with Crippen molar-refractivity contribution in [3.63, 3.8) is 0 Å². The number of rotatable bonds is 10. The molecule has 2 fully saturated rings. The SMILES string of the molecule is CC(=O)OC1c2c(cc(OCc3ccccc3)c(OCc3ccccc3)c2Cl)O[C@]2(C[Se]c3ccccc3)CC[C@H]3C(C)(C)CCC[C@]3(C)[C@@H]12. The molecule has 4 aromatic carbocycles. The van der Waals surface area contributed by atoms with Crippen LogP contribution in [-0.2, 0) is 22.7 Å². The van der Waals surface area contributed by atoms with E-state index in [1.54, 1.807) is 0 Å². The molecule has 7 rings (SSSR count). The summed E-state index contributed by atoms with van der Waals surface area (Å²) in [6, 6.07) is 32.7. The molecule has 2 aliphatic carbocycles. The fourth-order valence-electron chi connectivity index (χ4n) is 9.40. The molecule has 0 spiro atoms. The van der Waals surface area contributed by atoms with Gasteiger partial charge in [0.25, 0.3) is 0 Å². The molecule has 3 aliphatic rings. The molecule has 5 atom stereocenters. The van der Waals surface area contributed by atoms with Crippen LogP contribution in [0.4, 0.5) is 0 Å². The van der Waals surface area contributed by atoms with E-state index in [2.05, 4.69) is 51.1 Å². The summed E-state index contributed by atoms with van der Waals surface area (Å²) in [4.78, 5) is 13.1. The van der Waals surface area contributed by atoms with Crippen LogP contribution in [0.15, 0.2) is 97.1 Å². The van der Waals surface area contributed by atoms with Crippen LogP contribution >= 0.6 is 11.6 Å². The molecule has 1 heterocycles. The van der Waals surface area contributed by atoms with Gasteiger partial charge in [0.2, 0.25) is 0 Å². The van der Waals surface area contributed by atoms with E-state index in [4.69, 9.17) is 30.5 Å². The van der Waals surface area contributed by atoms with Crippen molar-refractivity contribution in [1.29, 1.82) is 0 Å². The van der Waals surface area contributed by atoms with Gasteiger partial charge in [-0.25, -0.2) is 0 Å². The number of carbonyl (C=O) groups is 1. The first kappa shape index (κ1) is 35.0. The zero-order valence-corrected chi connectivity index (χ0v) is 31.9. The molecule has 0 aromatic heterocycles. The summed E-state index contributed by atoms with van der Waals surface area (Å²) >= 11 is 7.65. The molecule has 0 N–H and O–H groups in total. The van der Waals surface area contributed by atoms with Crippen molar-refractivity contribution in [3.05, 3.63) is 119 Å². The quantitative estimate of drug-likeness (QED) is 0.119. The Morgan fingerprint density at radius 1 is 0.860 bits per heavy atom. The average molecular weight is 758 g/mol. The number of fused-ring (bicyclic) bond motifs is 4. The molecular weight excluding hydrogens is 711 g/mol. The van der Waals surface area contributed by atoms with Crippen LogP contribution < -0.4 is 18.7 Å². The van der Waals surface area contributed by atoms with Gasteiger partial charge in [0.15, 0.2) is 0 Å². The Bertz CT molecular complexity index is 1800. The molecule has 0 amide bonds. The first-order chi connectivity index (χ1) is 24.1. The second-order valence-corrected chi connectivity index (χ2v) is 17.8. The van der Waals surface area contributed by atoms with Crippen molar-refractivity contribution in [2.75, 3.05) is 0 Å². The van der Waals surface area contributed by atoms with Gasteiger partial charge < -0.3 is 0 Å². The molecule has 1 unspecified atom stereocenters. The summed E-state index contributed by atoms with van der Waals surface area (Å²) in [6.07, 6.45) is 4.72. The standard InChI is InChI=1S/C43H47ClO5Se/c1-29(45)48-39-36-33(25-34(46-26-30-15-8-5-9-16-30)38(37(36)44)47-27-31-17-10-6-11-18-31)49-43(28-50-32-19-12-7-13-20-32)24-21-35-41(2,3)22-14-23-42(35,4)40(39)43/h5-13,15-20,25,35,39-40H,14,21-24,26-28H2,1-4H3/t35-,39?,40+,42-,43-/m0/s1. The zero-order valence-electron chi connectivity index (χ0n) is 29.5. The van der Waals surface area contributed by atoms with Crippen molar-refractivity contribution in [2.45, 2.75) is 90.0 Å². The van der Waals surface area contributed by atoms with Crippen molar-refractivity contribution >= 4 is 37.0 Å². The Balaban J connectivity index is 1.37. The number of hydrogen-bond donors (Lipinski definition) is 0. The van der Waals surface area contributed by atoms with E-state index in [0.717, 1.165) is 42.1 Å². The molecule has 1 aliphatic heterocycles. The summed E-state index contributed by atoms with van der Waals surface area (Å²) in [5.74, 6) is 1.61. The Morgan fingerprint density at radius 2 is 1.48 bits per heavy atom. The molecule has 4 aromatic rings. The molecule has 0 radical (unpaired) electrons. The molecule has 2 saturated carbocycles. The summed E-state index contributed by atoms with van der Waals surface area (Å²) in [5.41, 5.74) is 2.21. The maximum atomic E-state index is 13.1. The summed E-state index contributed by atoms with van der Waals surface area (Å²) in [5, 5.41) is 1.24. The molecular formula is C43H47ClO5Se. The molecule has 0 saturated heterocycles. The van der Waals surface area contributed by atoms with Gasteiger partial charge in [-0.2, -0.15) is 0 Å².